The topological polar surface area (TPSA) is 179 Å². The molecule has 2 heterocycles. The van der Waals surface area contributed by atoms with Gasteiger partial charge in [0.1, 0.15) is 19.2 Å². The van der Waals surface area contributed by atoms with E-state index in [1.165, 1.54) is 44.7 Å². The van der Waals surface area contributed by atoms with Crippen molar-refractivity contribution in [3.63, 3.8) is 0 Å². The van der Waals surface area contributed by atoms with Gasteiger partial charge in [-0.3, -0.25) is 44.3 Å². The number of carboxylic acids is 1. The normalized spacial score (nSPS) is 17.3. The largest absolute Gasteiger partial charge is 0.480 e. The summed E-state index contributed by atoms with van der Waals surface area (Å²) in [4.78, 5) is 88.9. The second-order valence-corrected chi connectivity index (χ2v) is 13.7. The Morgan fingerprint density at radius 3 is 2.42 bits per heavy atom. The molecular formula is C30H32N4O9S2. The Labute approximate surface area is 266 Å². The quantitative estimate of drug-likeness (QED) is 0.213. The molecule has 0 bridgehead atoms. The van der Waals surface area contributed by atoms with Crippen LogP contribution in [0, 0.1) is 0 Å². The van der Waals surface area contributed by atoms with Gasteiger partial charge in [0.15, 0.2) is 0 Å². The van der Waals surface area contributed by atoms with Gasteiger partial charge >= 0.3 is 12.1 Å². The standard InChI is InChI=1S/C30H32N4O9S2/c1-17(13-24(36)33(15-25(37)38)14-19-7-4-3-5-8-19)44-45-18(2)16-43-30(42)31-21-10-6-9-20-26(21)29(41)34(28(20)40)22-11-12-23(35)32-27(22)39/h3-10,17-18,22H,11-16H2,1-2H3,(H,31,42)(H,37,38)(H,32,35,39)/t17-,18-,22?/m0/s1. The fraction of sp³-hybridized carbons (Fsp3) is 0.367. The molecule has 2 aliphatic heterocycles. The number of hydrogen-bond donors (Lipinski definition) is 3. The number of carbonyl (C=O) groups excluding carboxylic acids is 6. The molecule has 2 aromatic rings. The predicted molar refractivity (Wildman–Crippen MR) is 166 cm³/mol. The molecule has 2 aromatic carbocycles. The van der Waals surface area contributed by atoms with Gasteiger partial charge in [-0.15, -0.1) is 0 Å². The molecule has 3 atom stereocenters. The molecule has 0 spiro atoms. The van der Waals surface area contributed by atoms with E-state index in [9.17, 15) is 38.7 Å². The van der Waals surface area contributed by atoms with Crippen LogP contribution in [0.1, 0.15) is 59.4 Å². The highest BCUT2D eigenvalue weighted by atomic mass is 33.1. The lowest BCUT2D eigenvalue weighted by atomic mass is 10.0. The molecule has 0 radical (unpaired) electrons. The van der Waals surface area contributed by atoms with Crippen molar-refractivity contribution in [1.29, 1.82) is 0 Å². The minimum Gasteiger partial charge on any atom is -0.480 e. The van der Waals surface area contributed by atoms with Crippen LogP contribution in [0.15, 0.2) is 48.5 Å². The number of rotatable bonds is 13. The van der Waals surface area contributed by atoms with Gasteiger partial charge in [-0.05, 0) is 31.0 Å². The number of anilines is 1. The Kier molecular flexibility index (Phi) is 11.2. The molecule has 6 amide bonds. The summed E-state index contributed by atoms with van der Waals surface area (Å²) in [6.45, 7) is 3.45. The average Bonchev–Trinajstić information content (AvgIpc) is 3.25. The van der Waals surface area contributed by atoms with Crippen LogP contribution in [0.4, 0.5) is 10.5 Å². The van der Waals surface area contributed by atoms with Gasteiger partial charge in [0, 0.05) is 29.9 Å². The van der Waals surface area contributed by atoms with Crippen LogP contribution in [0.3, 0.4) is 0 Å². The molecule has 0 aromatic heterocycles. The molecule has 238 valence electrons. The lowest BCUT2D eigenvalue weighted by Gasteiger charge is -2.27. The summed E-state index contributed by atoms with van der Waals surface area (Å²) in [6.07, 6.45) is -0.736. The molecule has 4 rings (SSSR count). The SMILES string of the molecule is C[C@@H](COC(=O)Nc1cccc2c1C(=O)N(C1CCC(=O)NC1=O)C2=O)SS[C@@H](C)CC(=O)N(CC(=O)O)Cc1ccccc1. The summed E-state index contributed by atoms with van der Waals surface area (Å²) in [5.41, 5.74) is 0.838. The lowest BCUT2D eigenvalue weighted by molar-refractivity contribution is -0.144. The Morgan fingerprint density at radius 1 is 1.02 bits per heavy atom. The van der Waals surface area contributed by atoms with Crippen molar-refractivity contribution in [1.82, 2.24) is 15.1 Å². The van der Waals surface area contributed by atoms with Crippen LogP contribution < -0.4 is 10.6 Å². The van der Waals surface area contributed by atoms with E-state index in [0.717, 1.165) is 10.5 Å². The number of amides is 6. The molecular weight excluding hydrogens is 624 g/mol. The van der Waals surface area contributed by atoms with E-state index in [2.05, 4.69) is 10.6 Å². The first-order valence-corrected chi connectivity index (χ1v) is 16.4. The number of nitrogens with zero attached hydrogens (tertiary/aromatic N) is 2. The van der Waals surface area contributed by atoms with Crippen LogP contribution in [0.5, 0.6) is 0 Å². The first kappa shape index (κ1) is 33.5. The van der Waals surface area contributed by atoms with E-state index in [0.29, 0.717) is 0 Å². The van der Waals surface area contributed by atoms with Crippen molar-refractivity contribution in [3.8, 4) is 0 Å². The van der Waals surface area contributed by atoms with Gasteiger partial charge in [-0.2, -0.15) is 0 Å². The summed E-state index contributed by atoms with van der Waals surface area (Å²) in [7, 11) is 2.81. The molecule has 0 saturated carbocycles. The van der Waals surface area contributed by atoms with Gasteiger partial charge in [-0.1, -0.05) is 64.9 Å². The average molecular weight is 657 g/mol. The first-order chi connectivity index (χ1) is 21.4. The van der Waals surface area contributed by atoms with Crippen molar-refractivity contribution in [2.45, 2.75) is 56.2 Å². The van der Waals surface area contributed by atoms with Crippen LogP contribution in [-0.2, 0) is 30.5 Å². The fourth-order valence-electron chi connectivity index (χ4n) is 4.78. The highest BCUT2D eigenvalue weighted by molar-refractivity contribution is 8.77. The van der Waals surface area contributed by atoms with Crippen molar-refractivity contribution in [2.24, 2.45) is 0 Å². The Bertz CT molecular complexity index is 1500. The van der Waals surface area contributed by atoms with E-state index < -0.39 is 48.3 Å². The minimum atomic E-state index is -1.13. The zero-order valence-electron chi connectivity index (χ0n) is 24.5. The maximum atomic E-state index is 13.2. The zero-order valence-corrected chi connectivity index (χ0v) is 26.2. The molecule has 13 nitrogen and oxygen atoms in total. The highest BCUT2D eigenvalue weighted by Crippen LogP contribution is 2.34. The molecule has 45 heavy (non-hydrogen) atoms. The van der Waals surface area contributed by atoms with E-state index in [4.69, 9.17) is 4.74 Å². The van der Waals surface area contributed by atoms with Crippen molar-refractivity contribution < 1.29 is 43.4 Å². The number of ether oxygens (including phenoxy) is 1. The zero-order chi connectivity index (χ0) is 32.7. The van der Waals surface area contributed by atoms with Crippen LogP contribution in [0.25, 0.3) is 0 Å². The molecule has 15 heteroatoms. The fourth-order valence-corrected chi connectivity index (χ4v) is 7.01. The number of aliphatic carboxylic acids is 1. The minimum absolute atomic E-state index is 0.00634. The van der Waals surface area contributed by atoms with E-state index in [1.807, 2.05) is 44.2 Å². The number of benzene rings is 2. The molecule has 1 fully saturated rings. The number of fused-ring (bicyclic) bond motifs is 1. The highest BCUT2D eigenvalue weighted by Gasteiger charge is 2.45. The Balaban J connectivity index is 1.26. The number of nitrogens with one attached hydrogen (secondary N) is 2. The van der Waals surface area contributed by atoms with Crippen molar-refractivity contribution >= 4 is 68.9 Å². The number of hydrogen-bond acceptors (Lipinski definition) is 10. The van der Waals surface area contributed by atoms with E-state index in [-0.39, 0.29) is 65.6 Å². The Morgan fingerprint density at radius 2 is 1.73 bits per heavy atom. The second kappa shape index (κ2) is 15.1. The van der Waals surface area contributed by atoms with Crippen LogP contribution >= 0.6 is 21.6 Å². The predicted octanol–water partition coefficient (Wildman–Crippen LogP) is 3.30. The van der Waals surface area contributed by atoms with Crippen LogP contribution in [0.2, 0.25) is 0 Å². The van der Waals surface area contributed by atoms with Gasteiger partial charge in [0.05, 0.1) is 16.8 Å². The maximum Gasteiger partial charge on any atom is 0.411 e. The van der Waals surface area contributed by atoms with Gasteiger partial charge in [0.25, 0.3) is 11.8 Å². The van der Waals surface area contributed by atoms with E-state index in [1.54, 1.807) is 0 Å². The smallest absolute Gasteiger partial charge is 0.411 e. The molecule has 2 aliphatic rings. The van der Waals surface area contributed by atoms with Crippen LogP contribution in [-0.4, -0.2) is 86.2 Å². The number of carboxylic acid groups (broad SMARTS) is 1. The number of piperidine rings is 1. The summed E-state index contributed by atoms with van der Waals surface area (Å²) < 4.78 is 5.33. The third-order valence-electron chi connectivity index (χ3n) is 6.90. The third kappa shape index (κ3) is 8.63. The lowest BCUT2D eigenvalue weighted by Crippen LogP contribution is -2.54. The number of carbonyl (C=O) groups is 7. The summed E-state index contributed by atoms with van der Waals surface area (Å²) in [5.74, 6) is -4.04. The Hall–Kier alpha value is -4.37. The summed E-state index contributed by atoms with van der Waals surface area (Å²) >= 11 is 0. The monoisotopic (exact) mass is 656 g/mol. The molecule has 1 saturated heterocycles. The van der Waals surface area contributed by atoms with Gasteiger partial charge < -0.3 is 14.7 Å². The van der Waals surface area contributed by atoms with Gasteiger partial charge in [0.2, 0.25) is 17.7 Å². The van der Waals surface area contributed by atoms with Crippen molar-refractivity contribution in [3.05, 3.63) is 65.2 Å². The third-order valence-corrected chi connectivity index (χ3v) is 10.3. The molecule has 3 N–H and O–H groups in total. The summed E-state index contributed by atoms with van der Waals surface area (Å²) in [5, 5.41) is 13.6. The summed E-state index contributed by atoms with van der Waals surface area (Å²) in [6, 6.07) is 12.4. The second-order valence-electron chi connectivity index (χ2n) is 10.5. The number of imide groups is 2. The molecule has 0 aliphatic carbocycles. The molecule has 1 unspecified atom stereocenters. The first-order valence-electron chi connectivity index (χ1n) is 14.1. The van der Waals surface area contributed by atoms with Gasteiger partial charge in [-0.25, -0.2) is 4.79 Å². The van der Waals surface area contributed by atoms with E-state index >= 15 is 0 Å². The van der Waals surface area contributed by atoms with Crippen molar-refractivity contribution in [2.75, 3.05) is 18.5 Å². The maximum absolute atomic E-state index is 13.2.